The molecule has 8 heteroatoms. The van der Waals surface area contributed by atoms with Gasteiger partial charge in [0.2, 0.25) is 5.91 Å². The van der Waals surface area contributed by atoms with Gasteiger partial charge in [0, 0.05) is 65.6 Å². The number of halogens is 2. The lowest BCUT2D eigenvalue weighted by Crippen LogP contribution is -2.25. The summed E-state index contributed by atoms with van der Waals surface area (Å²) in [5.74, 6) is -2.85. The van der Waals surface area contributed by atoms with Crippen LogP contribution in [0, 0.1) is 18.6 Å². The second-order valence-electron chi connectivity index (χ2n) is 11.4. The number of para-hydroxylation sites is 1. The molecular weight excluding hydrogens is 546 g/mol. The van der Waals surface area contributed by atoms with Crippen LogP contribution in [0.15, 0.2) is 59.7 Å². The first-order valence-corrected chi connectivity index (χ1v) is 14.7. The zero-order chi connectivity index (χ0) is 30.6. The standard InChI is InChI=1S/C35H34F2N4O2/c1-6-8-12-29(42)39-32-27(36)16-21(17-28(32)37)35(43)26-18-41-14-13-40(5)34-30(24-11-9-10-23(26)33(24)41)19(3)15-25-22(7-2)20(4)38-31(25)34/h8-12,15-18,22H,6-7,13-14H2,1-5H3,(H,39,42)/b12-8+. The molecule has 43 heavy (non-hydrogen) atoms. The first-order valence-electron chi connectivity index (χ1n) is 14.7. The number of nitrogens with one attached hydrogen (secondary N) is 1. The molecule has 4 aromatic rings. The molecule has 2 aliphatic rings. The average Bonchev–Trinajstić information content (AvgIpc) is 3.51. The highest BCUT2D eigenvalue weighted by Gasteiger charge is 2.32. The summed E-state index contributed by atoms with van der Waals surface area (Å²) in [5.41, 5.74) is 8.25. The number of fused-ring (bicyclic) bond motifs is 4. The van der Waals surface area contributed by atoms with Gasteiger partial charge in [-0.25, -0.2) is 8.78 Å². The van der Waals surface area contributed by atoms with Crippen LogP contribution in [0.4, 0.5) is 25.8 Å². The Bertz CT molecular complexity index is 1860. The Morgan fingerprint density at radius 3 is 2.53 bits per heavy atom. The zero-order valence-corrected chi connectivity index (χ0v) is 25.0. The molecule has 0 spiro atoms. The van der Waals surface area contributed by atoms with Crippen LogP contribution in [0.2, 0.25) is 0 Å². The van der Waals surface area contributed by atoms with Crippen molar-refractivity contribution in [2.45, 2.75) is 53.0 Å². The molecule has 0 fully saturated rings. The van der Waals surface area contributed by atoms with Gasteiger partial charge in [0.25, 0.3) is 0 Å². The molecule has 2 aliphatic heterocycles. The van der Waals surface area contributed by atoms with Gasteiger partial charge in [-0.05, 0) is 56.0 Å². The average molecular weight is 581 g/mol. The van der Waals surface area contributed by atoms with Gasteiger partial charge in [0.15, 0.2) is 5.78 Å². The van der Waals surface area contributed by atoms with Crippen LogP contribution >= 0.6 is 0 Å². The fraction of sp³-hybridized carbons (Fsp3) is 0.286. The number of aliphatic imine (C=N–C) groups is 1. The zero-order valence-electron chi connectivity index (χ0n) is 25.0. The van der Waals surface area contributed by atoms with Crippen molar-refractivity contribution in [3.63, 3.8) is 0 Å². The number of amides is 1. The number of ketones is 1. The second-order valence-corrected chi connectivity index (χ2v) is 11.4. The smallest absolute Gasteiger partial charge is 0.248 e. The monoisotopic (exact) mass is 580 g/mol. The highest BCUT2D eigenvalue weighted by Crippen LogP contribution is 2.51. The largest absolute Gasteiger partial charge is 0.371 e. The SMILES string of the molecule is CC/C=C/C(=O)Nc1c(F)cc(C(=O)c2cn3c4c(cccc24)-c2c(C)cc4c(c2N(C)CC3)N=C(C)C4CC)cc1F. The van der Waals surface area contributed by atoms with E-state index in [1.165, 1.54) is 11.6 Å². The molecule has 6 rings (SSSR count). The van der Waals surface area contributed by atoms with Crippen molar-refractivity contribution in [2.75, 3.05) is 23.8 Å². The summed E-state index contributed by atoms with van der Waals surface area (Å²) < 4.78 is 32.1. The predicted octanol–water partition coefficient (Wildman–Crippen LogP) is 8.08. The van der Waals surface area contributed by atoms with Gasteiger partial charge in [0.1, 0.15) is 17.3 Å². The number of anilines is 2. The van der Waals surface area contributed by atoms with Crippen molar-refractivity contribution in [2.24, 2.45) is 4.99 Å². The Morgan fingerprint density at radius 2 is 1.84 bits per heavy atom. The quantitative estimate of drug-likeness (QED) is 0.185. The summed E-state index contributed by atoms with van der Waals surface area (Å²) in [6, 6.07) is 10.1. The van der Waals surface area contributed by atoms with Crippen molar-refractivity contribution in [3.8, 4) is 11.1 Å². The molecule has 3 aromatic carbocycles. The van der Waals surface area contributed by atoms with Crippen molar-refractivity contribution in [1.29, 1.82) is 0 Å². The molecule has 0 saturated heterocycles. The van der Waals surface area contributed by atoms with Crippen LogP contribution in [-0.4, -0.2) is 35.6 Å². The second kappa shape index (κ2) is 10.9. The molecule has 0 bridgehead atoms. The minimum Gasteiger partial charge on any atom is -0.371 e. The van der Waals surface area contributed by atoms with Crippen LogP contribution in [0.5, 0.6) is 0 Å². The molecule has 1 N–H and O–H groups in total. The Labute approximate surface area is 249 Å². The molecule has 220 valence electrons. The maximum absolute atomic E-state index is 15.0. The van der Waals surface area contributed by atoms with E-state index < -0.39 is 29.0 Å². The summed E-state index contributed by atoms with van der Waals surface area (Å²) >= 11 is 0. The number of nitrogens with zero attached hydrogens (tertiary/aromatic N) is 3. The minimum absolute atomic E-state index is 0.127. The first-order chi connectivity index (χ1) is 20.6. The van der Waals surface area contributed by atoms with Crippen molar-refractivity contribution in [1.82, 2.24) is 4.57 Å². The molecule has 0 aliphatic carbocycles. The Balaban J connectivity index is 1.48. The number of aryl methyl sites for hydroxylation is 1. The molecular formula is C35H34F2N4O2. The topological polar surface area (TPSA) is 66.7 Å². The molecule has 6 nitrogen and oxygen atoms in total. The molecule has 1 amide bonds. The van der Waals surface area contributed by atoms with E-state index in [1.807, 2.05) is 19.1 Å². The van der Waals surface area contributed by atoms with E-state index in [0.717, 1.165) is 57.8 Å². The number of hydrogen-bond acceptors (Lipinski definition) is 4. The third-order valence-electron chi connectivity index (χ3n) is 8.60. The van der Waals surface area contributed by atoms with E-state index in [-0.39, 0.29) is 5.56 Å². The summed E-state index contributed by atoms with van der Waals surface area (Å²) in [6.45, 7) is 9.54. The van der Waals surface area contributed by atoms with Gasteiger partial charge in [-0.2, -0.15) is 0 Å². The Kier molecular flexibility index (Phi) is 7.24. The van der Waals surface area contributed by atoms with E-state index in [0.29, 0.717) is 36.4 Å². The highest BCUT2D eigenvalue weighted by molar-refractivity contribution is 6.19. The molecule has 0 saturated carbocycles. The van der Waals surface area contributed by atoms with E-state index in [2.05, 4.69) is 54.7 Å². The normalized spacial score (nSPS) is 15.7. The molecule has 3 heterocycles. The number of benzene rings is 3. The summed E-state index contributed by atoms with van der Waals surface area (Å²) in [4.78, 5) is 33.1. The maximum atomic E-state index is 15.0. The third-order valence-corrected chi connectivity index (χ3v) is 8.60. The number of rotatable bonds is 6. The number of likely N-dealkylation sites (N-methyl/N-ethyl adjacent to an activating group) is 1. The van der Waals surface area contributed by atoms with Gasteiger partial charge in [-0.15, -0.1) is 0 Å². The summed E-state index contributed by atoms with van der Waals surface area (Å²) in [6.07, 6.45) is 6.19. The molecule has 0 radical (unpaired) electrons. The van der Waals surface area contributed by atoms with Crippen molar-refractivity contribution < 1.29 is 18.4 Å². The van der Waals surface area contributed by atoms with Crippen LogP contribution in [0.25, 0.3) is 22.0 Å². The minimum atomic E-state index is -1.01. The van der Waals surface area contributed by atoms with Crippen molar-refractivity contribution in [3.05, 3.63) is 88.6 Å². The lowest BCUT2D eigenvalue weighted by Gasteiger charge is -2.29. The van der Waals surface area contributed by atoms with Gasteiger partial charge in [-0.3, -0.25) is 14.6 Å². The summed E-state index contributed by atoms with van der Waals surface area (Å²) in [5, 5.41) is 2.95. The predicted molar refractivity (Wildman–Crippen MR) is 169 cm³/mol. The van der Waals surface area contributed by atoms with Gasteiger partial charge >= 0.3 is 0 Å². The fourth-order valence-corrected chi connectivity index (χ4v) is 6.56. The molecule has 1 aromatic heterocycles. The van der Waals surface area contributed by atoms with Gasteiger partial charge < -0.3 is 14.8 Å². The van der Waals surface area contributed by atoms with E-state index in [9.17, 15) is 9.59 Å². The number of aromatic nitrogens is 1. The molecule has 1 unspecified atom stereocenters. The third kappa shape index (κ3) is 4.65. The number of carbonyl (C=O) groups excluding carboxylic acids is 2. The van der Waals surface area contributed by atoms with Gasteiger partial charge in [-0.1, -0.05) is 44.2 Å². The van der Waals surface area contributed by atoms with E-state index in [4.69, 9.17) is 4.99 Å². The highest BCUT2D eigenvalue weighted by atomic mass is 19.1. The number of hydrogen-bond donors (Lipinski definition) is 1. The first kappa shape index (κ1) is 28.5. The van der Waals surface area contributed by atoms with Crippen LogP contribution in [0.3, 0.4) is 0 Å². The fourth-order valence-electron chi connectivity index (χ4n) is 6.56. The summed E-state index contributed by atoms with van der Waals surface area (Å²) in [7, 11) is 2.08. The number of allylic oxidation sites excluding steroid dienone is 1. The Morgan fingerprint density at radius 1 is 1.09 bits per heavy atom. The van der Waals surface area contributed by atoms with Crippen molar-refractivity contribution >= 4 is 45.4 Å². The van der Waals surface area contributed by atoms with E-state index in [1.54, 1.807) is 12.3 Å². The lowest BCUT2D eigenvalue weighted by atomic mass is 9.87. The maximum Gasteiger partial charge on any atom is 0.248 e. The van der Waals surface area contributed by atoms with E-state index >= 15 is 8.78 Å². The van der Waals surface area contributed by atoms with Crippen LogP contribution in [-0.2, 0) is 11.3 Å². The van der Waals surface area contributed by atoms with Crippen LogP contribution in [0.1, 0.15) is 66.6 Å². The lowest BCUT2D eigenvalue weighted by molar-refractivity contribution is -0.112. The molecule has 1 atom stereocenters. The Hall–Kier alpha value is -4.59. The van der Waals surface area contributed by atoms with Gasteiger partial charge in [0.05, 0.1) is 16.9 Å². The number of carbonyl (C=O) groups is 2. The van der Waals surface area contributed by atoms with Crippen LogP contribution < -0.4 is 10.2 Å².